The van der Waals surface area contributed by atoms with Crippen molar-refractivity contribution in [2.24, 2.45) is 0 Å². The fourth-order valence-electron chi connectivity index (χ4n) is 5.35. The number of hydrogen-bond donors (Lipinski definition) is 6. The van der Waals surface area contributed by atoms with E-state index in [-0.39, 0.29) is 11.9 Å². The van der Waals surface area contributed by atoms with Crippen molar-refractivity contribution in [3.63, 3.8) is 0 Å². The highest BCUT2D eigenvalue weighted by Crippen LogP contribution is 2.37. The number of H-pyrrole nitrogens is 1. The van der Waals surface area contributed by atoms with Crippen molar-refractivity contribution >= 4 is 10.9 Å². The van der Waals surface area contributed by atoms with Crippen molar-refractivity contribution in [3.05, 3.63) is 58.3 Å². The summed E-state index contributed by atoms with van der Waals surface area (Å²) in [5.74, 6) is -2.49. The summed E-state index contributed by atoms with van der Waals surface area (Å²) in [6.07, 6.45) is -2.40. The van der Waals surface area contributed by atoms with Crippen LogP contribution in [0, 0.1) is 6.92 Å². The van der Waals surface area contributed by atoms with Crippen molar-refractivity contribution < 1.29 is 39.7 Å². The molecule has 37 heavy (non-hydrogen) atoms. The lowest BCUT2D eigenvalue weighted by Crippen LogP contribution is -2.69. The Bertz CT molecular complexity index is 1260. The molecule has 1 fully saturated rings. The molecule has 2 heterocycles. The van der Waals surface area contributed by atoms with Gasteiger partial charge in [0.1, 0.15) is 18.0 Å². The van der Waals surface area contributed by atoms with Gasteiger partial charge in [0.15, 0.2) is 6.10 Å². The number of aliphatic hydroxyl groups excluding tert-OH is 4. The predicted molar refractivity (Wildman–Crippen MR) is 133 cm³/mol. The van der Waals surface area contributed by atoms with Crippen LogP contribution in [0.5, 0.6) is 5.75 Å². The van der Waals surface area contributed by atoms with Gasteiger partial charge in [0.05, 0.1) is 29.3 Å². The molecule has 1 saturated heterocycles. The van der Waals surface area contributed by atoms with E-state index in [1.807, 2.05) is 13.0 Å². The third-order valence-electron chi connectivity index (χ3n) is 7.52. The van der Waals surface area contributed by atoms with Gasteiger partial charge in [-0.3, -0.25) is 5.10 Å². The van der Waals surface area contributed by atoms with Crippen LogP contribution in [0.15, 0.2) is 30.3 Å². The second-order valence-corrected chi connectivity index (χ2v) is 10.1. The van der Waals surface area contributed by atoms with Gasteiger partial charge in [-0.25, -0.2) is 0 Å². The van der Waals surface area contributed by atoms with E-state index in [1.165, 1.54) is 16.7 Å². The highest BCUT2D eigenvalue weighted by molar-refractivity contribution is 5.88. The van der Waals surface area contributed by atoms with Crippen LogP contribution in [0.4, 0.5) is 0 Å². The largest absolute Gasteiger partial charge is 0.453 e. The minimum Gasteiger partial charge on any atom is -0.453 e. The number of aliphatic hydroxyl groups is 5. The molecular weight excluding hydrogens is 480 g/mol. The average Bonchev–Trinajstić information content (AvgIpc) is 3.31. The number of aromatic amines is 1. The fraction of sp³-hybridized carbons (Fsp3) is 0.519. The minimum absolute atomic E-state index is 0.175. The van der Waals surface area contributed by atoms with Crippen LogP contribution in [-0.4, -0.2) is 85.9 Å². The molecule has 5 rings (SSSR count). The number of aromatic nitrogens is 2. The third kappa shape index (κ3) is 4.86. The quantitative estimate of drug-likeness (QED) is 0.249. The van der Waals surface area contributed by atoms with Crippen molar-refractivity contribution in [1.82, 2.24) is 10.2 Å². The highest BCUT2D eigenvalue weighted by Gasteiger charge is 2.57. The number of benzene rings is 2. The van der Waals surface area contributed by atoms with E-state index in [2.05, 4.69) is 28.4 Å². The van der Waals surface area contributed by atoms with E-state index in [9.17, 15) is 25.5 Å². The number of nitrogens with zero attached hydrogens (tertiary/aromatic N) is 1. The molecule has 1 aliphatic carbocycles. The number of ether oxygens (including phenoxy) is 3. The fourth-order valence-corrected chi connectivity index (χ4v) is 5.35. The third-order valence-corrected chi connectivity index (χ3v) is 7.52. The summed E-state index contributed by atoms with van der Waals surface area (Å²) < 4.78 is 16.4. The molecule has 6 atom stereocenters. The molecule has 0 radical (unpaired) electrons. The molecule has 6 N–H and O–H groups in total. The lowest BCUT2D eigenvalue weighted by Gasteiger charge is -2.45. The standard InChI is InChI=1S/C27H34N2O8/c1-14-9-20-23(21(10-14)37-27(34)25(32)24(31)22(13-30)36-26(27)33)19(28-29-20)8-4-15-3-5-17-12-18(35-2)7-6-16(17)11-15/h3,5,9-11,18,22,24-26,30-34H,4,6-8,12-13H2,1-2H3,(H,28,29)/t18?,22-,24-,25+,26+,27+/m1/s1. The number of methoxy groups -OCH3 is 1. The zero-order valence-electron chi connectivity index (χ0n) is 20.9. The van der Waals surface area contributed by atoms with Gasteiger partial charge in [0, 0.05) is 7.11 Å². The molecule has 1 aliphatic heterocycles. The van der Waals surface area contributed by atoms with Gasteiger partial charge in [-0.05, 0) is 73.4 Å². The monoisotopic (exact) mass is 514 g/mol. The van der Waals surface area contributed by atoms with Crippen LogP contribution in [0.2, 0.25) is 0 Å². The van der Waals surface area contributed by atoms with Crippen LogP contribution in [0.25, 0.3) is 10.9 Å². The Hall–Kier alpha value is -2.57. The molecule has 0 spiro atoms. The maximum Gasteiger partial charge on any atom is 0.288 e. The zero-order chi connectivity index (χ0) is 26.3. The molecule has 1 unspecified atom stereocenters. The summed E-state index contributed by atoms with van der Waals surface area (Å²) in [6, 6.07) is 10.1. The Morgan fingerprint density at radius 1 is 1.14 bits per heavy atom. The summed E-state index contributed by atoms with van der Waals surface area (Å²) in [5.41, 5.74) is 6.01. The Morgan fingerprint density at radius 3 is 2.70 bits per heavy atom. The van der Waals surface area contributed by atoms with Crippen molar-refractivity contribution in [1.29, 1.82) is 0 Å². The summed E-state index contributed by atoms with van der Waals surface area (Å²) in [5, 5.41) is 59.7. The van der Waals surface area contributed by atoms with Crippen molar-refractivity contribution in [2.45, 2.75) is 75.5 Å². The van der Waals surface area contributed by atoms with E-state index in [4.69, 9.17) is 14.2 Å². The molecular formula is C27H34N2O8. The Labute approximate surface area is 214 Å². The number of hydrogen-bond acceptors (Lipinski definition) is 9. The van der Waals surface area contributed by atoms with Crippen LogP contribution >= 0.6 is 0 Å². The summed E-state index contributed by atoms with van der Waals surface area (Å²) >= 11 is 0. The Balaban J connectivity index is 1.40. The van der Waals surface area contributed by atoms with E-state index in [0.717, 1.165) is 31.2 Å². The van der Waals surface area contributed by atoms with Crippen molar-refractivity contribution in [3.8, 4) is 5.75 Å². The van der Waals surface area contributed by atoms with Gasteiger partial charge in [0.2, 0.25) is 6.29 Å². The second kappa shape index (κ2) is 10.3. The van der Waals surface area contributed by atoms with Crippen LogP contribution in [0.3, 0.4) is 0 Å². The number of fused-ring (bicyclic) bond motifs is 2. The first kappa shape index (κ1) is 26.1. The molecule has 0 amide bonds. The number of rotatable bonds is 7. The first-order chi connectivity index (χ1) is 17.7. The van der Waals surface area contributed by atoms with Gasteiger partial charge in [-0.1, -0.05) is 18.2 Å². The van der Waals surface area contributed by atoms with Crippen LogP contribution in [-0.2, 0) is 35.2 Å². The highest BCUT2D eigenvalue weighted by atomic mass is 16.7. The SMILES string of the molecule is COC1CCc2cc(CCc3n[nH]c4cc(C)cc(O[C@]5(O)[C@@H](O)O[C@H](CO)[C@@H](O)[C@@H]5O)c34)ccc2C1. The van der Waals surface area contributed by atoms with Crippen LogP contribution in [0.1, 0.15) is 34.4 Å². The predicted octanol–water partition coefficient (Wildman–Crippen LogP) is 0.659. The molecule has 10 heteroatoms. The lowest BCUT2D eigenvalue weighted by molar-refractivity contribution is -0.385. The molecule has 3 aromatic rings. The van der Waals surface area contributed by atoms with Gasteiger partial charge >= 0.3 is 0 Å². The topological polar surface area (TPSA) is 158 Å². The van der Waals surface area contributed by atoms with Crippen molar-refractivity contribution in [2.75, 3.05) is 13.7 Å². The van der Waals surface area contributed by atoms with Gasteiger partial charge in [-0.15, -0.1) is 0 Å². The summed E-state index contributed by atoms with van der Waals surface area (Å²) in [7, 11) is 1.76. The number of aryl methyl sites for hydroxylation is 4. The lowest BCUT2D eigenvalue weighted by atomic mass is 9.88. The first-order valence-corrected chi connectivity index (χ1v) is 12.6. The Morgan fingerprint density at radius 2 is 1.95 bits per heavy atom. The van der Waals surface area contributed by atoms with Crippen LogP contribution < -0.4 is 4.74 Å². The van der Waals surface area contributed by atoms with Gasteiger partial charge in [0.25, 0.3) is 5.79 Å². The van der Waals surface area contributed by atoms with E-state index < -0.39 is 37.0 Å². The number of nitrogens with one attached hydrogen (secondary N) is 1. The van der Waals surface area contributed by atoms with E-state index >= 15 is 0 Å². The minimum atomic E-state index is -2.67. The molecule has 200 valence electrons. The van der Waals surface area contributed by atoms with Gasteiger partial charge < -0.3 is 39.7 Å². The van der Waals surface area contributed by atoms with E-state index in [0.29, 0.717) is 23.0 Å². The maximum absolute atomic E-state index is 11.1. The summed E-state index contributed by atoms with van der Waals surface area (Å²) in [4.78, 5) is 0. The second-order valence-electron chi connectivity index (χ2n) is 10.1. The smallest absolute Gasteiger partial charge is 0.288 e. The molecule has 0 bridgehead atoms. The average molecular weight is 515 g/mol. The molecule has 2 aromatic carbocycles. The normalized spacial score (nSPS) is 29.9. The first-order valence-electron chi connectivity index (χ1n) is 12.6. The summed E-state index contributed by atoms with van der Waals surface area (Å²) in [6.45, 7) is 1.18. The zero-order valence-corrected chi connectivity index (χ0v) is 20.9. The van der Waals surface area contributed by atoms with Gasteiger partial charge in [-0.2, -0.15) is 5.10 Å². The Kier molecular flexibility index (Phi) is 7.25. The molecule has 0 saturated carbocycles. The molecule has 10 nitrogen and oxygen atoms in total. The molecule has 2 aliphatic rings. The maximum atomic E-state index is 11.1. The van der Waals surface area contributed by atoms with E-state index in [1.54, 1.807) is 13.2 Å². The molecule has 1 aromatic heterocycles.